The summed E-state index contributed by atoms with van der Waals surface area (Å²) in [5.74, 6) is 1.91. The van der Waals surface area contributed by atoms with E-state index in [0.717, 1.165) is 24.8 Å². The summed E-state index contributed by atoms with van der Waals surface area (Å²) in [7, 11) is 0. The van der Waals surface area contributed by atoms with Crippen LogP contribution in [0.15, 0.2) is 0 Å². The summed E-state index contributed by atoms with van der Waals surface area (Å²) >= 11 is 0. The predicted octanol–water partition coefficient (Wildman–Crippen LogP) is 4.21. The zero-order chi connectivity index (χ0) is 12.4. The molecular weight excluding hydrogens is 194 g/mol. The van der Waals surface area contributed by atoms with Crippen LogP contribution in [0.1, 0.15) is 66.7 Å². The molecule has 0 amide bonds. The average molecular weight is 225 g/mol. The van der Waals surface area contributed by atoms with Crippen LogP contribution < -0.4 is 5.73 Å². The van der Waals surface area contributed by atoms with Crippen molar-refractivity contribution in [3.63, 3.8) is 0 Å². The van der Waals surface area contributed by atoms with Crippen LogP contribution in [0.2, 0.25) is 0 Å². The van der Waals surface area contributed by atoms with Crippen molar-refractivity contribution in [2.45, 2.75) is 66.7 Å². The summed E-state index contributed by atoms with van der Waals surface area (Å²) in [5, 5.41) is 0. The largest absolute Gasteiger partial charge is 0.330 e. The summed E-state index contributed by atoms with van der Waals surface area (Å²) in [6, 6.07) is 0. The van der Waals surface area contributed by atoms with E-state index in [1.54, 1.807) is 0 Å². The van der Waals surface area contributed by atoms with E-state index in [9.17, 15) is 0 Å². The second kappa shape index (κ2) is 5.08. The maximum absolute atomic E-state index is 5.67. The van der Waals surface area contributed by atoms with Gasteiger partial charge in [-0.15, -0.1) is 0 Å². The van der Waals surface area contributed by atoms with Crippen LogP contribution in [0.25, 0.3) is 0 Å². The second-order valence-electron chi connectivity index (χ2n) is 7.32. The highest BCUT2D eigenvalue weighted by molar-refractivity contribution is 4.88. The zero-order valence-corrected chi connectivity index (χ0v) is 12.0. The van der Waals surface area contributed by atoms with Crippen molar-refractivity contribution in [2.75, 3.05) is 6.54 Å². The summed E-state index contributed by atoms with van der Waals surface area (Å²) < 4.78 is 0. The molecule has 1 aliphatic carbocycles. The van der Waals surface area contributed by atoms with Crippen LogP contribution in [0.5, 0.6) is 0 Å². The lowest BCUT2D eigenvalue weighted by Crippen LogP contribution is -2.26. The third-order valence-electron chi connectivity index (χ3n) is 4.83. The van der Waals surface area contributed by atoms with Crippen LogP contribution in [0.3, 0.4) is 0 Å². The molecule has 0 aromatic rings. The molecular formula is C15H31N. The molecule has 96 valence electrons. The summed E-state index contributed by atoms with van der Waals surface area (Å²) in [5.41, 5.74) is 6.60. The fraction of sp³-hybridized carbons (Fsp3) is 1.00. The van der Waals surface area contributed by atoms with Crippen molar-refractivity contribution in [1.82, 2.24) is 0 Å². The molecule has 1 aliphatic rings. The number of hydrogen-bond donors (Lipinski definition) is 1. The smallest absolute Gasteiger partial charge is 0.00722 e. The predicted molar refractivity (Wildman–Crippen MR) is 72.4 cm³/mol. The first-order valence-corrected chi connectivity index (χ1v) is 6.98. The fourth-order valence-electron chi connectivity index (χ4n) is 2.64. The van der Waals surface area contributed by atoms with Crippen molar-refractivity contribution in [1.29, 1.82) is 0 Å². The molecule has 1 heteroatoms. The van der Waals surface area contributed by atoms with Gasteiger partial charge in [0.2, 0.25) is 0 Å². The minimum Gasteiger partial charge on any atom is -0.330 e. The fourth-order valence-corrected chi connectivity index (χ4v) is 2.64. The van der Waals surface area contributed by atoms with E-state index in [-0.39, 0.29) is 0 Å². The molecule has 1 unspecified atom stereocenters. The highest BCUT2D eigenvalue weighted by Crippen LogP contribution is 2.48. The summed E-state index contributed by atoms with van der Waals surface area (Å²) in [4.78, 5) is 0. The molecule has 0 spiro atoms. The van der Waals surface area contributed by atoms with Crippen LogP contribution >= 0.6 is 0 Å². The third-order valence-corrected chi connectivity index (χ3v) is 4.83. The molecule has 1 rings (SSSR count). The average Bonchev–Trinajstić information content (AvgIpc) is 2.97. The molecule has 0 saturated heterocycles. The molecule has 0 aromatic heterocycles. The molecule has 1 fully saturated rings. The number of hydrogen-bond acceptors (Lipinski definition) is 1. The first-order chi connectivity index (χ1) is 7.28. The quantitative estimate of drug-likeness (QED) is 0.690. The normalized spacial score (nSPS) is 19.9. The van der Waals surface area contributed by atoms with Gasteiger partial charge in [0.25, 0.3) is 0 Å². The standard InChI is InChI=1S/C15H31N/c1-12(13-6-7-13)15(4,5)9-8-14(2,3)10-11-16/h12-13H,6-11,16H2,1-5H3. The molecule has 1 atom stereocenters. The van der Waals surface area contributed by atoms with Crippen LogP contribution in [-0.4, -0.2) is 6.54 Å². The highest BCUT2D eigenvalue weighted by Gasteiger charge is 2.38. The first kappa shape index (κ1) is 14.0. The van der Waals surface area contributed by atoms with Crippen LogP contribution in [-0.2, 0) is 0 Å². The molecule has 0 radical (unpaired) electrons. The lowest BCUT2D eigenvalue weighted by Gasteiger charge is -2.35. The lowest BCUT2D eigenvalue weighted by atomic mass is 9.70. The van der Waals surface area contributed by atoms with Gasteiger partial charge in [0.1, 0.15) is 0 Å². The van der Waals surface area contributed by atoms with E-state index >= 15 is 0 Å². The van der Waals surface area contributed by atoms with E-state index in [1.165, 1.54) is 25.7 Å². The van der Waals surface area contributed by atoms with Gasteiger partial charge >= 0.3 is 0 Å². The molecule has 0 aliphatic heterocycles. The molecule has 0 aromatic carbocycles. The molecule has 16 heavy (non-hydrogen) atoms. The maximum Gasteiger partial charge on any atom is -0.00722 e. The molecule has 0 heterocycles. The van der Waals surface area contributed by atoms with E-state index in [1.807, 2.05) is 0 Å². The minimum atomic E-state index is 0.426. The van der Waals surface area contributed by atoms with Gasteiger partial charge in [-0.1, -0.05) is 34.6 Å². The topological polar surface area (TPSA) is 26.0 Å². The SMILES string of the molecule is CC(C1CC1)C(C)(C)CCC(C)(C)CCN. The lowest BCUT2D eigenvalue weighted by molar-refractivity contribution is 0.151. The Kier molecular flexibility index (Phi) is 4.45. The Labute approximate surface area is 102 Å². The Balaban J connectivity index is 2.39. The van der Waals surface area contributed by atoms with Crippen molar-refractivity contribution in [3.05, 3.63) is 0 Å². The monoisotopic (exact) mass is 225 g/mol. The zero-order valence-electron chi connectivity index (χ0n) is 12.0. The Morgan fingerprint density at radius 2 is 1.62 bits per heavy atom. The first-order valence-electron chi connectivity index (χ1n) is 6.98. The Morgan fingerprint density at radius 3 is 2.06 bits per heavy atom. The molecule has 0 bridgehead atoms. The van der Waals surface area contributed by atoms with Crippen molar-refractivity contribution < 1.29 is 0 Å². The number of nitrogens with two attached hydrogens (primary N) is 1. The van der Waals surface area contributed by atoms with Gasteiger partial charge in [0, 0.05) is 0 Å². The Morgan fingerprint density at radius 1 is 1.06 bits per heavy atom. The molecule has 1 nitrogen and oxygen atoms in total. The summed E-state index contributed by atoms with van der Waals surface area (Å²) in [6.45, 7) is 12.9. The van der Waals surface area contributed by atoms with Gasteiger partial charge in [-0.3, -0.25) is 0 Å². The van der Waals surface area contributed by atoms with Gasteiger partial charge in [-0.2, -0.15) is 0 Å². The van der Waals surface area contributed by atoms with Crippen LogP contribution in [0, 0.1) is 22.7 Å². The Hall–Kier alpha value is -0.0400. The van der Waals surface area contributed by atoms with Gasteiger partial charge in [-0.05, 0) is 61.3 Å². The van der Waals surface area contributed by atoms with Crippen LogP contribution in [0.4, 0.5) is 0 Å². The van der Waals surface area contributed by atoms with E-state index in [4.69, 9.17) is 5.73 Å². The summed E-state index contributed by atoms with van der Waals surface area (Å²) in [6.07, 6.45) is 6.75. The minimum absolute atomic E-state index is 0.426. The van der Waals surface area contributed by atoms with Crippen molar-refractivity contribution in [3.8, 4) is 0 Å². The molecule has 2 N–H and O–H groups in total. The maximum atomic E-state index is 5.67. The molecule has 1 saturated carbocycles. The van der Waals surface area contributed by atoms with E-state index < -0.39 is 0 Å². The second-order valence-corrected chi connectivity index (χ2v) is 7.32. The van der Waals surface area contributed by atoms with Gasteiger partial charge in [0.15, 0.2) is 0 Å². The van der Waals surface area contributed by atoms with Gasteiger partial charge in [0.05, 0.1) is 0 Å². The Bertz CT molecular complexity index is 213. The van der Waals surface area contributed by atoms with E-state index in [0.29, 0.717) is 10.8 Å². The van der Waals surface area contributed by atoms with Crippen molar-refractivity contribution in [2.24, 2.45) is 28.4 Å². The number of rotatable bonds is 7. The highest BCUT2D eigenvalue weighted by atomic mass is 14.5. The van der Waals surface area contributed by atoms with Gasteiger partial charge in [-0.25, -0.2) is 0 Å². The van der Waals surface area contributed by atoms with Gasteiger partial charge < -0.3 is 5.73 Å². The van der Waals surface area contributed by atoms with E-state index in [2.05, 4.69) is 34.6 Å². The van der Waals surface area contributed by atoms with Crippen molar-refractivity contribution >= 4 is 0 Å². The third kappa shape index (κ3) is 4.08.